The molecule has 8 heavy (non-hydrogen) atoms. The van der Waals surface area contributed by atoms with Gasteiger partial charge in [-0.1, -0.05) is 0 Å². The third kappa shape index (κ3) is 3.54. The summed E-state index contributed by atoms with van der Waals surface area (Å²) in [6, 6.07) is 0. The van der Waals surface area contributed by atoms with Gasteiger partial charge in [-0.3, -0.25) is 4.79 Å². The molecule has 3 N–H and O–H groups in total. The number of aliphatic hydroxyl groups is 1. The molecule has 0 aromatic heterocycles. The van der Waals surface area contributed by atoms with Gasteiger partial charge in [0.15, 0.2) is 6.29 Å². The molecular weight excluding hydrogens is 116 g/mol. The highest BCUT2D eigenvalue weighted by Gasteiger charge is 2.07. The summed E-state index contributed by atoms with van der Waals surface area (Å²) in [7, 11) is 0. The standard InChI is InChI=1S/C3H6O5/c4-2(5)1-3(6)8-7/h3,6-7H,1H2,(H,4,5). The number of hydrogen-bond acceptors (Lipinski definition) is 4. The predicted octanol–water partition coefficient (Wildman–Crippen LogP) is -0.731. The van der Waals surface area contributed by atoms with Crippen LogP contribution in [-0.2, 0) is 9.68 Å². The molecule has 0 rings (SSSR count). The lowest BCUT2D eigenvalue weighted by Crippen LogP contribution is -2.14. The number of hydrogen-bond donors (Lipinski definition) is 3. The third-order valence-electron chi connectivity index (χ3n) is 0.471. The van der Waals surface area contributed by atoms with Crippen molar-refractivity contribution in [3.05, 3.63) is 0 Å². The Balaban J connectivity index is 3.24. The molecular formula is C3H6O5. The van der Waals surface area contributed by atoms with E-state index in [1.54, 1.807) is 0 Å². The monoisotopic (exact) mass is 122 g/mol. The fraction of sp³-hybridized carbons (Fsp3) is 0.667. The Kier molecular flexibility index (Phi) is 3.09. The first-order valence-corrected chi connectivity index (χ1v) is 1.87. The minimum atomic E-state index is -1.62. The molecule has 5 nitrogen and oxygen atoms in total. The molecule has 1 unspecified atom stereocenters. The highest BCUT2D eigenvalue weighted by atomic mass is 17.1. The first kappa shape index (κ1) is 7.35. The lowest BCUT2D eigenvalue weighted by molar-refractivity contribution is -0.333. The maximum atomic E-state index is 9.62. The van der Waals surface area contributed by atoms with Crippen LogP contribution in [0.1, 0.15) is 6.42 Å². The summed E-state index contributed by atoms with van der Waals surface area (Å²) in [5.41, 5.74) is 0. The second-order valence-corrected chi connectivity index (χ2v) is 1.16. The van der Waals surface area contributed by atoms with Crippen LogP contribution in [0.25, 0.3) is 0 Å². The van der Waals surface area contributed by atoms with Gasteiger partial charge in [-0.2, -0.15) is 0 Å². The van der Waals surface area contributed by atoms with E-state index in [1.807, 2.05) is 0 Å². The zero-order chi connectivity index (χ0) is 6.57. The Morgan fingerprint density at radius 3 is 2.38 bits per heavy atom. The zero-order valence-electron chi connectivity index (χ0n) is 3.94. The quantitative estimate of drug-likeness (QED) is 0.261. The average Bonchev–Trinajstić information content (AvgIpc) is 1.65. The maximum Gasteiger partial charge on any atom is 0.308 e. The average molecular weight is 122 g/mol. The van der Waals surface area contributed by atoms with Crippen LogP contribution in [-0.4, -0.2) is 27.7 Å². The molecule has 0 bridgehead atoms. The minimum absolute atomic E-state index is 0.615. The summed E-state index contributed by atoms with van der Waals surface area (Å²) in [5.74, 6) is -1.23. The van der Waals surface area contributed by atoms with Crippen molar-refractivity contribution >= 4 is 5.97 Å². The van der Waals surface area contributed by atoms with E-state index < -0.39 is 18.7 Å². The van der Waals surface area contributed by atoms with Crippen LogP contribution < -0.4 is 0 Å². The number of carbonyl (C=O) groups is 1. The molecule has 0 saturated carbocycles. The van der Waals surface area contributed by atoms with Crippen molar-refractivity contribution in [2.24, 2.45) is 0 Å². The van der Waals surface area contributed by atoms with E-state index in [9.17, 15) is 4.79 Å². The molecule has 0 heterocycles. The highest BCUT2D eigenvalue weighted by molar-refractivity contribution is 5.66. The van der Waals surface area contributed by atoms with Crippen molar-refractivity contribution in [1.82, 2.24) is 0 Å². The summed E-state index contributed by atoms with van der Waals surface area (Å²) in [5, 5.41) is 23.6. The second-order valence-electron chi connectivity index (χ2n) is 1.16. The smallest absolute Gasteiger partial charge is 0.308 e. The maximum absolute atomic E-state index is 9.62. The van der Waals surface area contributed by atoms with E-state index in [2.05, 4.69) is 4.89 Å². The molecule has 0 amide bonds. The molecule has 0 aliphatic carbocycles. The van der Waals surface area contributed by atoms with Crippen LogP contribution in [0.2, 0.25) is 0 Å². The van der Waals surface area contributed by atoms with E-state index in [4.69, 9.17) is 15.5 Å². The van der Waals surface area contributed by atoms with Gasteiger partial charge in [0.05, 0.1) is 6.42 Å². The molecule has 0 radical (unpaired) electrons. The molecule has 0 saturated heterocycles. The third-order valence-corrected chi connectivity index (χ3v) is 0.471. The predicted molar refractivity (Wildman–Crippen MR) is 22.0 cm³/mol. The molecule has 48 valence electrons. The van der Waals surface area contributed by atoms with Crippen molar-refractivity contribution in [2.45, 2.75) is 12.7 Å². The van der Waals surface area contributed by atoms with Crippen molar-refractivity contribution in [3.63, 3.8) is 0 Å². The van der Waals surface area contributed by atoms with Gasteiger partial charge in [0.2, 0.25) is 0 Å². The number of aliphatic carboxylic acids is 1. The molecule has 0 aromatic carbocycles. The number of carboxylic acids is 1. The second kappa shape index (κ2) is 3.36. The fourth-order valence-electron chi connectivity index (χ4n) is 0.187. The first-order chi connectivity index (χ1) is 3.66. The Labute approximate surface area is 45.1 Å². The van der Waals surface area contributed by atoms with Gasteiger partial charge in [-0.05, 0) is 0 Å². The Hall–Kier alpha value is -0.650. The van der Waals surface area contributed by atoms with Crippen LogP contribution in [0.4, 0.5) is 0 Å². The summed E-state index contributed by atoms with van der Waals surface area (Å²) in [4.78, 5) is 12.9. The first-order valence-electron chi connectivity index (χ1n) is 1.87. The summed E-state index contributed by atoms with van der Waals surface area (Å²) in [6.45, 7) is 0. The van der Waals surface area contributed by atoms with Crippen LogP contribution in [0.5, 0.6) is 0 Å². The van der Waals surface area contributed by atoms with Crippen molar-refractivity contribution in [1.29, 1.82) is 0 Å². The summed E-state index contributed by atoms with van der Waals surface area (Å²) in [6.07, 6.45) is -2.23. The summed E-state index contributed by atoms with van der Waals surface area (Å²) < 4.78 is 0. The Morgan fingerprint density at radius 2 is 2.25 bits per heavy atom. The number of aliphatic hydroxyl groups excluding tert-OH is 1. The minimum Gasteiger partial charge on any atom is -0.481 e. The Bertz CT molecular complexity index is 79.7. The number of carboxylic acid groups (broad SMARTS) is 1. The molecule has 1 atom stereocenters. The zero-order valence-corrected chi connectivity index (χ0v) is 3.94. The van der Waals surface area contributed by atoms with Gasteiger partial charge in [0.1, 0.15) is 0 Å². The molecule has 0 aliphatic rings. The lowest BCUT2D eigenvalue weighted by Gasteiger charge is -1.99. The van der Waals surface area contributed by atoms with Gasteiger partial charge in [0.25, 0.3) is 0 Å². The van der Waals surface area contributed by atoms with E-state index in [0.717, 1.165) is 0 Å². The van der Waals surface area contributed by atoms with E-state index in [1.165, 1.54) is 0 Å². The van der Waals surface area contributed by atoms with Crippen LogP contribution in [0.3, 0.4) is 0 Å². The van der Waals surface area contributed by atoms with Gasteiger partial charge in [-0.15, -0.1) is 0 Å². The van der Waals surface area contributed by atoms with Gasteiger partial charge in [0, 0.05) is 0 Å². The molecule has 0 spiro atoms. The molecule has 5 heteroatoms. The topological polar surface area (TPSA) is 87.0 Å². The summed E-state index contributed by atoms with van der Waals surface area (Å²) >= 11 is 0. The van der Waals surface area contributed by atoms with E-state index >= 15 is 0 Å². The van der Waals surface area contributed by atoms with Crippen molar-refractivity contribution < 1.29 is 25.2 Å². The van der Waals surface area contributed by atoms with Gasteiger partial charge < -0.3 is 10.2 Å². The van der Waals surface area contributed by atoms with Gasteiger partial charge >= 0.3 is 5.97 Å². The van der Waals surface area contributed by atoms with Crippen LogP contribution in [0.15, 0.2) is 0 Å². The molecule has 0 aliphatic heterocycles. The van der Waals surface area contributed by atoms with Crippen molar-refractivity contribution in [2.75, 3.05) is 0 Å². The molecule has 0 fully saturated rings. The largest absolute Gasteiger partial charge is 0.481 e. The molecule has 0 aromatic rings. The van der Waals surface area contributed by atoms with Gasteiger partial charge in [-0.25, -0.2) is 10.1 Å². The van der Waals surface area contributed by atoms with Crippen LogP contribution >= 0.6 is 0 Å². The fourth-order valence-corrected chi connectivity index (χ4v) is 0.187. The van der Waals surface area contributed by atoms with E-state index in [-0.39, 0.29) is 0 Å². The number of rotatable bonds is 3. The normalized spacial score (nSPS) is 13.2. The van der Waals surface area contributed by atoms with Crippen LogP contribution in [0, 0.1) is 0 Å². The SMILES string of the molecule is O=C(O)CC(O)OO. The lowest BCUT2D eigenvalue weighted by atomic mass is 10.4. The van der Waals surface area contributed by atoms with E-state index in [0.29, 0.717) is 0 Å². The highest BCUT2D eigenvalue weighted by Crippen LogP contribution is 1.88. The van der Waals surface area contributed by atoms with Crippen molar-refractivity contribution in [3.8, 4) is 0 Å². The Morgan fingerprint density at radius 1 is 1.75 bits per heavy atom.